The Labute approximate surface area is 179 Å². The number of carbonyl (C=O) groups excluding carboxylic acids is 2. The van der Waals surface area contributed by atoms with Gasteiger partial charge in [0.05, 0.1) is 4.92 Å². The molecule has 0 bridgehead atoms. The Hall–Kier alpha value is -4.26. The van der Waals surface area contributed by atoms with Gasteiger partial charge < -0.3 is 10.1 Å². The number of amides is 1. The molecule has 0 aromatic heterocycles. The molecule has 31 heavy (non-hydrogen) atoms. The highest BCUT2D eigenvalue weighted by Crippen LogP contribution is 2.15. The smallest absolute Gasteiger partial charge is 0.355 e. The normalized spacial score (nSPS) is 10.9. The van der Waals surface area contributed by atoms with Crippen molar-refractivity contribution in [3.8, 4) is 0 Å². The highest BCUT2D eigenvalue weighted by Gasteiger charge is 2.16. The maximum atomic E-state index is 12.7. The fraction of sp³-hybridized carbons (Fsp3) is 0.0833. The predicted octanol–water partition coefficient (Wildman–Crippen LogP) is 4.42. The molecule has 0 aliphatic carbocycles. The van der Waals surface area contributed by atoms with E-state index in [1.165, 1.54) is 30.3 Å². The molecule has 7 heteroatoms. The molecule has 0 aliphatic heterocycles. The van der Waals surface area contributed by atoms with Crippen molar-refractivity contribution in [3.05, 3.63) is 117 Å². The van der Waals surface area contributed by atoms with Crippen LogP contribution in [0, 0.1) is 17.0 Å². The number of nitrogens with one attached hydrogen (secondary N) is 1. The molecule has 0 spiro atoms. The van der Waals surface area contributed by atoms with Crippen molar-refractivity contribution in [1.82, 2.24) is 5.32 Å². The lowest BCUT2D eigenvalue weighted by Crippen LogP contribution is -2.28. The molecule has 3 rings (SSSR count). The van der Waals surface area contributed by atoms with E-state index >= 15 is 0 Å². The van der Waals surface area contributed by atoms with Gasteiger partial charge in [0, 0.05) is 17.7 Å². The molecule has 0 aliphatic rings. The van der Waals surface area contributed by atoms with Gasteiger partial charge >= 0.3 is 5.97 Å². The van der Waals surface area contributed by atoms with Crippen molar-refractivity contribution >= 4 is 23.6 Å². The fourth-order valence-corrected chi connectivity index (χ4v) is 2.71. The zero-order valence-corrected chi connectivity index (χ0v) is 16.8. The average Bonchev–Trinajstić information content (AvgIpc) is 2.78. The van der Waals surface area contributed by atoms with Gasteiger partial charge in [0.1, 0.15) is 12.3 Å². The number of esters is 1. The summed E-state index contributed by atoms with van der Waals surface area (Å²) in [4.78, 5) is 35.7. The molecule has 1 amide bonds. The largest absolute Gasteiger partial charge is 0.456 e. The van der Waals surface area contributed by atoms with Crippen LogP contribution < -0.4 is 5.32 Å². The first-order valence-electron chi connectivity index (χ1n) is 9.47. The van der Waals surface area contributed by atoms with Crippen molar-refractivity contribution in [2.75, 3.05) is 0 Å². The van der Waals surface area contributed by atoms with Crippen LogP contribution in [0.15, 0.2) is 84.6 Å². The van der Waals surface area contributed by atoms with E-state index in [2.05, 4.69) is 5.32 Å². The van der Waals surface area contributed by atoms with Gasteiger partial charge in [0.25, 0.3) is 11.6 Å². The fourth-order valence-electron chi connectivity index (χ4n) is 2.71. The molecule has 0 heterocycles. The van der Waals surface area contributed by atoms with Gasteiger partial charge in [-0.3, -0.25) is 14.9 Å². The second kappa shape index (κ2) is 9.98. The number of aryl methyl sites for hydroxylation is 1. The van der Waals surface area contributed by atoms with Crippen LogP contribution in [0.1, 0.15) is 27.0 Å². The molecule has 3 aromatic carbocycles. The monoisotopic (exact) mass is 416 g/mol. The molecular formula is C24H20N2O5. The third-order valence-corrected chi connectivity index (χ3v) is 4.41. The standard InChI is InChI=1S/C24H20N2O5/c1-17-7-11-20(12-8-17)23(27)25-22(15-18-9-13-21(14-10-18)26(29)30)24(28)31-16-19-5-3-2-4-6-19/h2-15H,16H2,1H3,(H,25,27)/b22-15+. The zero-order chi connectivity index (χ0) is 22.2. The second-order valence-electron chi connectivity index (χ2n) is 6.79. The van der Waals surface area contributed by atoms with Crippen molar-refractivity contribution in [1.29, 1.82) is 0 Å². The molecular weight excluding hydrogens is 396 g/mol. The molecule has 0 radical (unpaired) electrons. The van der Waals surface area contributed by atoms with Gasteiger partial charge in [-0.1, -0.05) is 48.0 Å². The second-order valence-corrected chi connectivity index (χ2v) is 6.79. The maximum Gasteiger partial charge on any atom is 0.355 e. The van der Waals surface area contributed by atoms with Crippen LogP contribution in [0.2, 0.25) is 0 Å². The number of benzene rings is 3. The lowest BCUT2D eigenvalue weighted by Gasteiger charge is -2.11. The van der Waals surface area contributed by atoms with E-state index in [1.807, 2.05) is 37.3 Å². The summed E-state index contributed by atoms with van der Waals surface area (Å²) in [5, 5.41) is 13.4. The number of ether oxygens (including phenoxy) is 1. The summed E-state index contributed by atoms with van der Waals surface area (Å²) in [6.07, 6.45) is 1.42. The molecule has 0 unspecified atom stereocenters. The molecule has 0 saturated heterocycles. The minimum Gasteiger partial charge on any atom is -0.456 e. The number of hydrogen-bond acceptors (Lipinski definition) is 5. The van der Waals surface area contributed by atoms with Gasteiger partial charge in [-0.25, -0.2) is 4.79 Å². The third-order valence-electron chi connectivity index (χ3n) is 4.41. The van der Waals surface area contributed by atoms with Crippen molar-refractivity contribution in [2.45, 2.75) is 13.5 Å². The van der Waals surface area contributed by atoms with Crippen molar-refractivity contribution < 1.29 is 19.2 Å². The minimum absolute atomic E-state index is 0.0394. The number of carbonyl (C=O) groups is 2. The summed E-state index contributed by atoms with van der Waals surface area (Å²) in [5.41, 5.74) is 2.54. The summed E-state index contributed by atoms with van der Waals surface area (Å²) in [6.45, 7) is 1.94. The molecule has 0 fully saturated rings. The summed E-state index contributed by atoms with van der Waals surface area (Å²) < 4.78 is 5.35. The third kappa shape index (κ3) is 6.11. The first kappa shape index (κ1) is 21.4. The molecule has 156 valence electrons. The molecule has 1 N–H and O–H groups in total. The quantitative estimate of drug-likeness (QED) is 0.266. The number of nitro groups is 1. The molecule has 0 saturated carbocycles. The Bertz CT molecular complexity index is 1100. The summed E-state index contributed by atoms with van der Waals surface area (Å²) >= 11 is 0. The van der Waals surface area contributed by atoms with E-state index in [1.54, 1.807) is 24.3 Å². The number of nitrogens with zero attached hydrogens (tertiary/aromatic N) is 1. The summed E-state index contributed by atoms with van der Waals surface area (Å²) in [6, 6.07) is 21.7. The van der Waals surface area contributed by atoms with E-state index < -0.39 is 16.8 Å². The van der Waals surface area contributed by atoms with Gasteiger partial charge in [0.2, 0.25) is 0 Å². The van der Waals surface area contributed by atoms with Crippen LogP contribution >= 0.6 is 0 Å². The van der Waals surface area contributed by atoms with Crippen LogP contribution in [0.5, 0.6) is 0 Å². The number of hydrogen-bond donors (Lipinski definition) is 1. The van der Waals surface area contributed by atoms with Crippen LogP contribution in [-0.2, 0) is 16.1 Å². The highest BCUT2D eigenvalue weighted by atomic mass is 16.6. The Balaban J connectivity index is 1.82. The van der Waals surface area contributed by atoms with Gasteiger partial charge in [-0.15, -0.1) is 0 Å². The predicted molar refractivity (Wildman–Crippen MR) is 116 cm³/mol. The number of nitro benzene ring substituents is 1. The van der Waals surface area contributed by atoms with E-state index in [0.717, 1.165) is 11.1 Å². The van der Waals surface area contributed by atoms with Crippen LogP contribution in [0.3, 0.4) is 0 Å². The van der Waals surface area contributed by atoms with E-state index in [9.17, 15) is 19.7 Å². The minimum atomic E-state index is -0.720. The first-order valence-corrected chi connectivity index (χ1v) is 9.47. The van der Waals surface area contributed by atoms with Gasteiger partial charge in [-0.05, 0) is 48.4 Å². The van der Waals surface area contributed by atoms with Crippen LogP contribution in [0.25, 0.3) is 6.08 Å². The Morgan fingerprint density at radius 1 is 0.968 bits per heavy atom. The number of non-ortho nitro benzene ring substituents is 1. The van der Waals surface area contributed by atoms with Crippen molar-refractivity contribution in [2.24, 2.45) is 0 Å². The summed E-state index contributed by atoms with van der Waals surface area (Å²) in [7, 11) is 0. The SMILES string of the molecule is Cc1ccc(C(=O)N/C(=C/c2ccc([N+](=O)[O-])cc2)C(=O)OCc2ccccc2)cc1. The lowest BCUT2D eigenvalue weighted by atomic mass is 10.1. The molecule has 0 atom stereocenters. The van der Waals surface area contributed by atoms with E-state index in [0.29, 0.717) is 11.1 Å². The van der Waals surface area contributed by atoms with Crippen LogP contribution in [0.4, 0.5) is 5.69 Å². The number of rotatable bonds is 7. The van der Waals surface area contributed by atoms with Gasteiger partial charge in [-0.2, -0.15) is 0 Å². The molecule has 7 nitrogen and oxygen atoms in total. The Morgan fingerprint density at radius 2 is 1.61 bits per heavy atom. The Morgan fingerprint density at radius 3 is 2.23 bits per heavy atom. The van der Waals surface area contributed by atoms with Crippen molar-refractivity contribution in [3.63, 3.8) is 0 Å². The summed E-state index contributed by atoms with van der Waals surface area (Å²) in [5.74, 6) is -1.19. The lowest BCUT2D eigenvalue weighted by molar-refractivity contribution is -0.384. The first-order chi connectivity index (χ1) is 14.9. The van der Waals surface area contributed by atoms with E-state index in [-0.39, 0.29) is 18.0 Å². The molecule has 3 aromatic rings. The maximum absolute atomic E-state index is 12.7. The highest BCUT2D eigenvalue weighted by molar-refractivity contribution is 6.03. The average molecular weight is 416 g/mol. The van der Waals surface area contributed by atoms with Crippen LogP contribution in [-0.4, -0.2) is 16.8 Å². The van der Waals surface area contributed by atoms with E-state index in [4.69, 9.17) is 4.74 Å². The Kier molecular flexibility index (Phi) is 6.90. The zero-order valence-electron chi connectivity index (χ0n) is 16.8. The van der Waals surface area contributed by atoms with Gasteiger partial charge in [0.15, 0.2) is 0 Å². The topological polar surface area (TPSA) is 98.5 Å².